The third kappa shape index (κ3) is 7.43. The van der Waals surface area contributed by atoms with Gasteiger partial charge in [0.2, 0.25) is 11.8 Å². The Labute approximate surface area is 241 Å². The predicted molar refractivity (Wildman–Crippen MR) is 156 cm³/mol. The van der Waals surface area contributed by atoms with Crippen LogP contribution < -0.4 is 14.4 Å². The maximum absolute atomic E-state index is 14.0. The maximum Gasteiger partial charge on any atom is 0.264 e. The monoisotopic (exact) mass is 581 g/mol. The molecule has 0 bridgehead atoms. The highest BCUT2D eigenvalue weighted by molar-refractivity contribution is 7.92. The number of methoxy groups -OCH3 is 1. The van der Waals surface area contributed by atoms with Crippen LogP contribution in [0.2, 0.25) is 0 Å². The molecular formula is C31H36FN3O5S. The van der Waals surface area contributed by atoms with Crippen LogP contribution in [0.1, 0.15) is 43.7 Å². The van der Waals surface area contributed by atoms with Gasteiger partial charge in [-0.25, -0.2) is 12.8 Å². The van der Waals surface area contributed by atoms with Crippen molar-refractivity contribution >= 4 is 27.5 Å². The molecule has 218 valence electrons. The lowest BCUT2D eigenvalue weighted by molar-refractivity contribution is -0.139. The zero-order valence-electron chi connectivity index (χ0n) is 23.5. The van der Waals surface area contributed by atoms with Crippen LogP contribution in [0.4, 0.5) is 10.1 Å². The molecule has 1 aliphatic rings. The molecule has 3 aromatic rings. The quantitative estimate of drug-likeness (QED) is 0.351. The summed E-state index contributed by atoms with van der Waals surface area (Å²) in [6.45, 7) is 2.97. The van der Waals surface area contributed by atoms with E-state index < -0.39 is 34.3 Å². The number of carbonyl (C=O) groups is 2. The Balaban J connectivity index is 1.67. The molecule has 1 saturated carbocycles. The van der Waals surface area contributed by atoms with Crippen molar-refractivity contribution in [2.45, 2.75) is 63.1 Å². The minimum Gasteiger partial charge on any atom is -0.497 e. The molecule has 3 aromatic carbocycles. The summed E-state index contributed by atoms with van der Waals surface area (Å²) in [7, 11) is -2.66. The van der Waals surface area contributed by atoms with Crippen molar-refractivity contribution < 1.29 is 27.1 Å². The van der Waals surface area contributed by atoms with Gasteiger partial charge < -0.3 is 15.0 Å². The minimum absolute atomic E-state index is 0.00560. The molecule has 1 N–H and O–H groups in total. The van der Waals surface area contributed by atoms with Gasteiger partial charge in [0, 0.05) is 12.6 Å². The third-order valence-electron chi connectivity index (χ3n) is 7.38. The Kier molecular flexibility index (Phi) is 9.65. The molecule has 10 heteroatoms. The van der Waals surface area contributed by atoms with Crippen LogP contribution in [0.5, 0.6) is 5.75 Å². The molecule has 0 spiro atoms. The Morgan fingerprint density at radius 3 is 2.17 bits per heavy atom. The van der Waals surface area contributed by atoms with Crippen LogP contribution in [0.15, 0.2) is 77.7 Å². The van der Waals surface area contributed by atoms with Gasteiger partial charge >= 0.3 is 0 Å². The fraction of sp³-hybridized carbons (Fsp3) is 0.355. The summed E-state index contributed by atoms with van der Waals surface area (Å²) in [4.78, 5) is 28.6. The highest BCUT2D eigenvalue weighted by atomic mass is 32.2. The summed E-state index contributed by atoms with van der Waals surface area (Å²) >= 11 is 0. The Morgan fingerprint density at radius 2 is 1.59 bits per heavy atom. The highest BCUT2D eigenvalue weighted by Crippen LogP contribution is 2.26. The second kappa shape index (κ2) is 13.2. The molecule has 1 atom stereocenters. The molecule has 1 aliphatic carbocycles. The van der Waals surface area contributed by atoms with E-state index in [4.69, 9.17) is 4.74 Å². The van der Waals surface area contributed by atoms with Crippen molar-refractivity contribution in [2.24, 2.45) is 0 Å². The number of carbonyl (C=O) groups excluding carboxylic acids is 2. The van der Waals surface area contributed by atoms with Crippen LogP contribution in [0, 0.1) is 12.7 Å². The first-order chi connectivity index (χ1) is 19.6. The van der Waals surface area contributed by atoms with Crippen LogP contribution in [0.3, 0.4) is 0 Å². The largest absolute Gasteiger partial charge is 0.497 e. The third-order valence-corrected chi connectivity index (χ3v) is 9.17. The van der Waals surface area contributed by atoms with Gasteiger partial charge in [-0.15, -0.1) is 0 Å². The average Bonchev–Trinajstić information content (AvgIpc) is 3.48. The molecule has 1 fully saturated rings. The maximum atomic E-state index is 14.0. The lowest BCUT2D eigenvalue weighted by Gasteiger charge is -2.32. The number of sulfonamides is 1. The van der Waals surface area contributed by atoms with E-state index in [1.165, 1.54) is 29.2 Å². The number of hydrogen-bond acceptors (Lipinski definition) is 5. The predicted octanol–water partition coefficient (Wildman–Crippen LogP) is 4.81. The SMILES string of the molecule is COc1ccc(CN(C(=O)CN(c2ccc(F)cc2)S(=O)(=O)c2ccc(C)cc2)C(C)C(=O)NC2CCCC2)cc1. The van der Waals surface area contributed by atoms with Crippen molar-refractivity contribution in [1.29, 1.82) is 0 Å². The zero-order chi connectivity index (χ0) is 29.6. The molecule has 1 unspecified atom stereocenters. The van der Waals surface area contributed by atoms with Gasteiger partial charge in [-0.3, -0.25) is 13.9 Å². The topological polar surface area (TPSA) is 96.0 Å². The van der Waals surface area contributed by atoms with Gasteiger partial charge in [0.1, 0.15) is 24.2 Å². The van der Waals surface area contributed by atoms with Crippen molar-refractivity contribution in [2.75, 3.05) is 18.0 Å². The summed E-state index contributed by atoms with van der Waals surface area (Å²) in [6, 6.07) is 17.5. The number of amides is 2. The number of benzene rings is 3. The lowest BCUT2D eigenvalue weighted by Crippen LogP contribution is -2.52. The zero-order valence-corrected chi connectivity index (χ0v) is 24.4. The molecule has 0 aromatic heterocycles. The molecule has 41 heavy (non-hydrogen) atoms. The number of nitrogens with one attached hydrogen (secondary N) is 1. The molecule has 0 heterocycles. The van der Waals surface area contributed by atoms with E-state index in [0.717, 1.165) is 53.2 Å². The summed E-state index contributed by atoms with van der Waals surface area (Å²) in [5.74, 6) is -0.764. The summed E-state index contributed by atoms with van der Waals surface area (Å²) in [5.41, 5.74) is 1.75. The number of ether oxygens (including phenoxy) is 1. The van der Waals surface area contributed by atoms with Gasteiger partial charge in [-0.2, -0.15) is 0 Å². The molecule has 8 nitrogen and oxygen atoms in total. The second-order valence-electron chi connectivity index (χ2n) is 10.3. The number of rotatable bonds is 11. The van der Waals surface area contributed by atoms with E-state index in [0.29, 0.717) is 5.75 Å². The van der Waals surface area contributed by atoms with Crippen LogP contribution >= 0.6 is 0 Å². The van der Waals surface area contributed by atoms with E-state index in [1.807, 2.05) is 6.92 Å². The molecule has 0 radical (unpaired) electrons. The van der Waals surface area contributed by atoms with Gasteiger partial charge in [-0.05, 0) is 80.8 Å². The van der Waals surface area contributed by atoms with Gasteiger partial charge in [0.15, 0.2) is 0 Å². The van der Waals surface area contributed by atoms with E-state index in [9.17, 15) is 22.4 Å². The lowest BCUT2D eigenvalue weighted by atomic mass is 10.1. The van der Waals surface area contributed by atoms with E-state index in [1.54, 1.807) is 50.4 Å². The van der Waals surface area contributed by atoms with E-state index >= 15 is 0 Å². The fourth-order valence-electron chi connectivity index (χ4n) is 4.88. The smallest absolute Gasteiger partial charge is 0.264 e. The fourth-order valence-corrected chi connectivity index (χ4v) is 6.29. The Morgan fingerprint density at radius 1 is 0.976 bits per heavy atom. The number of aryl methyl sites for hydroxylation is 1. The standard InChI is InChI=1S/C31H36FN3O5S/c1-22-8-18-29(19-9-22)41(38,39)35(27-14-12-25(32)13-15-27)21-30(36)34(20-24-10-16-28(40-3)17-11-24)23(2)31(37)33-26-6-4-5-7-26/h8-19,23,26H,4-7,20-21H2,1-3H3,(H,33,37). The summed E-state index contributed by atoms with van der Waals surface area (Å²) < 4.78 is 47.6. The van der Waals surface area contributed by atoms with Crippen molar-refractivity contribution in [3.05, 3.63) is 89.7 Å². The Bertz CT molecular complexity index is 1440. The number of anilines is 1. The first kappa shape index (κ1) is 30.0. The Hall–Kier alpha value is -3.92. The van der Waals surface area contributed by atoms with Gasteiger partial charge in [0.25, 0.3) is 10.0 Å². The molecule has 4 rings (SSSR count). The summed E-state index contributed by atoms with van der Waals surface area (Å²) in [6.07, 6.45) is 3.85. The number of hydrogen-bond donors (Lipinski definition) is 1. The minimum atomic E-state index is -4.21. The highest BCUT2D eigenvalue weighted by Gasteiger charge is 2.33. The van der Waals surface area contributed by atoms with Gasteiger partial charge in [-0.1, -0.05) is 42.7 Å². The van der Waals surface area contributed by atoms with Crippen LogP contribution in [0.25, 0.3) is 0 Å². The second-order valence-corrected chi connectivity index (χ2v) is 12.2. The van der Waals surface area contributed by atoms with E-state index in [-0.39, 0.29) is 29.1 Å². The first-order valence-electron chi connectivity index (χ1n) is 13.7. The average molecular weight is 582 g/mol. The van der Waals surface area contributed by atoms with Crippen LogP contribution in [-0.4, -0.2) is 50.9 Å². The summed E-state index contributed by atoms with van der Waals surface area (Å²) in [5, 5.41) is 3.04. The normalized spacial score (nSPS) is 14.3. The molecule has 2 amide bonds. The van der Waals surface area contributed by atoms with Crippen molar-refractivity contribution in [1.82, 2.24) is 10.2 Å². The first-order valence-corrected chi connectivity index (χ1v) is 15.1. The number of halogens is 1. The van der Waals surface area contributed by atoms with Crippen LogP contribution in [-0.2, 0) is 26.2 Å². The molecule has 0 saturated heterocycles. The van der Waals surface area contributed by atoms with E-state index in [2.05, 4.69) is 5.32 Å². The molecular weight excluding hydrogens is 545 g/mol. The van der Waals surface area contributed by atoms with Gasteiger partial charge in [0.05, 0.1) is 17.7 Å². The number of nitrogens with zero attached hydrogens (tertiary/aromatic N) is 2. The van der Waals surface area contributed by atoms with Crippen molar-refractivity contribution in [3.63, 3.8) is 0 Å². The van der Waals surface area contributed by atoms with Crippen molar-refractivity contribution in [3.8, 4) is 5.75 Å². The molecule has 0 aliphatic heterocycles.